The van der Waals surface area contributed by atoms with Crippen molar-refractivity contribution in [1.29, 1.82) is 0 Å². The Labute approximate surface area is 176 Å². The first-order chi connectivity index (χ1) is 14.5. The van der Waals surface area contributed by atoms with Gasteiger partial charge in [0, 0.05) is 30.6 Å². The van der Waals surface area contributed by atoms with Crippen LogP contribution in [0.4, 0.5) is 4.39 Å². The van der Waals surface area contributed by atoms with Crippen molar-refractivity contribution in [2.45, 2.75) is 31.7 Å². The Hall–Kier alpha value is -2.73. The standard InChI is InChI=1S/C24H28FN3O2/c1-17(27-22(29)19-5-3-2-4-6-19)16-28-13-11-24(12-14-28)21(15-26-23(24)30)18-7-9-20(25)10-8-18/h2-10,17,21H,11-16H2,1H3,(H,26,30)(H,27,29)/t17-,21+/m0/s1. The summed E-state index contributed by atoms with van der Waals surface area (Å²) < 4.78 is 13.3. The first kappa shape index (κ1) is 20.5. The van der Waals surface area contributed by atoms with Gasteiger partial charge in [0.2, 0.25) is 5.91 Å². The molecule has 158 valence electrons. The minimum Gasteiger partial charge on any atom is -0.355 e. The number of likely N-dealkylation sites (tertiary alicyclic amines) is 1. The third kappa shape index (κ3) is 4.10. The van der Waals surface area contributed by atoms with E-state index in [1.54, 1.807) is 24.3 Å². The highest BCUT2D eigenvalue weighted by Crippen LogP contribution is 2.47. The lowest BCUT2D eigenvalue weighted by atomic mass is 9.68. The van der Waals surface area contributed by atoms with Crippen molar-refractivity contribution in [2.75, 3.05) is 26.2 Å². The van der Waals surface area contributed by atoms with Crippen LogP contribution in [0.2, 0.25) is 0 Å². The summed E-state index contributed by atoms with van der Waals surface area (Å²) in [6.07, 6.45) is 1.53. The number of piperidine rings is 1. The summed E-state index contributed by atoms with van der Waals surface area (Å²) in [4.78, 5) is 27.4. The van der Waals surface area contributed by atoms with E-state index in [9.17, 15) is 14.0 Å². The van der Waals surface area contributed by atoms with Crippen molar-refractivity contribution in [2.24, 2.45) is 5.41 Å². The molecule has 2 fully saturated rings. The number of hydrogen-bond donors (Lipinski definition) is 2. The lowest BCUT2D eigenvalue weighted by Crippen LogP contribution is -2.49. The maximum absolute atomic E-state index is 13.3. The van der Waals surface area contributed by atoms with Crippen LogP contribution in [0.3, 0.4) is 0 Å². The van der Waals surface area contributed by atoms with Gasteiger partial charge in [-0.2, -0.15) is 0 Å². The second-order valence-electron chi connectivity index (χ2n) is 8.51. The van der Waals surface area contributed by atoms with Gasteiger partial charge < -0.3 is 15.5 Å². The molecular weight excluding hydrogens is 381 g/mol. The van der Waals surface area contributed by atoms with E-state index in [0.29, 0.717) is 12.1 Å². The van der Waals surface area contributed by atoms with E-state index in [1.807, 2.05) is 25.1 Å². The molecule has 6 heteroatoms. The minimum absolute atomic E-state index is 0.0112. The molecule has 0 aliphatic carbocycles. The number of halogens is 1. The van der Waals surface area contributed by atoms with Crippen molar-refractivity contribution < 1.29 is 14.0 Å². The molecule has 5 nitrogen and oxygen atoms in total. The quantitative estimate of drug-likeness (QED) is 0.798. The number of hydrogen-bond acceptors (Lipinski definition) is 3. The fourth-order valence-electron chi connectivity index (χ4n) is 4.90. The summed E-state index contributed by atoms with van der Waals surface area (Å²) in [7, 11) is 0. The van der Waals surface area contributed by atoms with E-state index < -0.39 is 5.41 Å². The van der Waals surface area contributed by atoms with Crippen LogP contribution < -0.4 is 10.6 Å². The van der Waals surface area contributed by atoms with Gasteiger partial charge >= 0.3 is 0 Å². The van der Waals surface area contributed by atoms with Gasteiger partial charge in [0.15, 0.2) is 0 Å². The number of rotatable bonds is 5. The molecule has 1 spiro atoms. The maximum atomic E-state index is 13.3. The molecule has 2 amide bonds. The topological polar surface area (TPSA) is 61.4 Å². The van der Waals surface area contributed by atoms with Crippen LogP contribution in [0.25, 0.3) is 0 Å². The van der Waals surface area contributed by atoms with Crippen LogP contribution in [0.1, 0.15) is 41.6 Å². The molecule has 2 aromatic carbocycles. The predicted octanol–water partition coefficient (Wildman–Crippen LogP) is 2.94. The van der Waals surface area contributed by atoms with Gasteiger partial charge in [-0.25, -0.2) is 4.39 Å². The molecule has 2 saturated heterocycles. The first-order valence-corrected chi connectivity index (χ1v) is 10.6. The van der Waals surface area contributed by atoms with Gasteiger partial charge in [-0.15, -0.1) is 0 Å². The van der Waals surface area contributed by atoms with Crippen molar-refractivity contribution in [3.05, 3.63) is 71.5 Å². The summed E-state index contributed by atoms with van der Waals surface area (Å²) >= 11 is 0. The van der Waals surface area contributed by atoms with Crippen molar-refractivity contribution in [3.63, 3.8) is 0 Å². The number of benzene rings is 2. The molecule has 4 rings (SSSR count). The van der Waals surface area contributed by atoms with E-state index in [1.165, 1.54) is 12.1 Å². The Morgan fingerprint density at radius 1 is 1.17 bits per heavy atom. The fraction of sp³-hybridized carbons (Fsp3) is 0.417. The largest absolute Gasteiger partial charge is 0.355 e. The van der Waals surface area contributed by atoms with Gasteiger partial charge in [0.05, 0.1) is 5.41 Å². The van der Waals surface area contributed by atoms with Gasteiger partial charge in [0.25, 0.3) is 5.91 Å². The molecule has 0 radical (unpaired) electrons. The average Bonchev–Trinajstić information content (AvgIpc) is 3.07. The SMILES string of the molecule is C[C@@H](CN1CCC2(CC1)C(=O)NC[C@@H]2c1ccc(F)cc1)NC(=O)c1ccccc1. The normalized spacial score (nSPS) is 21.9. The highest BCUT2D eigenvalue weighted by atomic mass is 19.1. The second-order valence-corrected chi connectivity index (χ2v) is 8.51. The zero-order chi connectivity index (χ0) is 21.1. The van der Waals surface area contributed by atoms with Gasteiger partial charge in [-0.1, -0.05) is 30.3 Å². The van der Waals surface area contributed by atoms with Crippen molar-refractivity contribution in [1.82, 2.24) is 15.5 Å². The van der Waals surface area contributed by atoms with Crippen molar-refractivity contribution >= 4 is 11.8 Å². The van der Waals surface area contributed by atoms with E-state index in [0.717, 1.165) is 38.0 Å². The molecule has 30 heavy (non-hydrogen) atoms. The van der Waals surface area contributed by atoms with E-state index >= 15 is 0 Å². The second kappa shape index (κ2) is 8.56. The summed E-state index contributed by atoms with van der Waals surface area (Å²) in [5.41, 5.74) is 1.25. The molecule has 0 saturated carbocycles. The average molecular weight is 410 g/mol. The molecule has 0 aromatic heterocycles. The third-order valence-electron chi connectivity index (χ3n) is 6.55. The summed E-state index contributed by atoms with van der Waals surface area (Å²) in [6, 6.07) is 15.8. The van der Waals surface area contributed by atoms with Crippen LogP contribution in [0.15, 0.2) is 54.6 Å². The predicted molar refractivity (Wildman–Crippen MR) is 114 cm³/mol. The molecule has 2 heterocycles. The van der Waals surface area contributed by atoms with Gasteiger partial charge in [0.1, 0.15) is 5.82 Å². The lowest BCUT2D eigenvalue weighted by molar-refractivity contribution is -0.130. The van der Waals surface area contributed by atoms with E-state index in [4.69, 9.17) is 0 Å². The van der Waals surface area contributed by atoms with Crippen molar-refractivity contribution in [3.8, 4) is 0 Å². The highest BCUT2D eigenvalue weighted by molar-refractivity contribution is 5.94. The molecule has 2 atom stereocenters. The molecule has 0 bridgehead atoms. The maximum Gasteiger partial charge on any atom is 0.251 e. The first-order valence-electron chi connectivity index (χ1n) is 10.6. The Morgan fingerprint density at radius 3 is 2.50 bits per heavy atom. The van der Waals surface area contributed by atoms with Gasteiger partial charge in [-0.3, -0.25) is 9.59 Å². The van der Waals surface area contributed by atoms with Crippen LogP contribution in [-0.2, 0) is 4.79 Å². The molecule has 2 aromatic rings. The monoisotopic (exact) mass is 409 g/mol. The molecule has 2 aliphatic rings. The summed E-state index contributed by atoms with van der Waals surface area (Å²) in [5.74, 6) is -0.139. The summed E-state index contributed by atoms with van der Waals surface area (Å²) in [6.45, 7) is 4.97. The smallest absolute Gasteiger partial charge is 0.251 e. The zero-order valence-corrected chi connectivity index (χ0v) is 17.2. The number of amides is 2. The van der Waals surface area contributed by atoms with Crippen LogP contribution >= 0.6 is 0 Å². The van der Waals surface area contributed by atoms with E-state index in [2.05, 4.69) is 15.5 Å². The van der Waals surface area contributed by atoms with E-state index in [-0.39, 0.29) is 29.6 Å². The van der Waals surface area contributed by atoms with Gasteiger partial charge in [-0.05, 0) is 62.7 Å². The third-order valence-corrected chi connectivity index (χ3v) is 6.55. The molecule has 2 aliphatic heterocycles. The summed E-state index contributed by atoms with van der Waals surface area (Å²) in [5, 5.41) is 6.09. The van der Waals surface area contributed by atoms with Crippen LogP contribution in [0.5, 0.6) is 0 Å². The number of carbonyl (C=O) groups is 2. The Morgan fingerprint density at radius 2 is 1.83 bits per heavy atom. The van der Waals surface area contributed by atoms with Crippen LogP contribution in [-0.4, -0.2) is 48.9 Å². The Balaban J connectivity index is 1.36. The molecular formula is C24H28FN3O2. The minimum atomic E-state index is -0.426. The highest BCUT2D eigenvalue weighted by Gasteiger charge is 2.51. The number of nitrogens with zero attached hydrogens (tertiary/aromatic N) is 1. The molecule has 2 N–H and O–H groups in total. The van der Waals surface area contributed by atoms with Crippen LogP contribution in [0, 0.1) is 11.2 Å². The fourth-order valence-corrected chi connectivity index (χ4v) is 4.90. The number of nitrogens with one attached hydrogen (secondary N) is 2. The Kier molecular flexibility index (Phi) is 5.86. The number of carbonyl (C=O) groups excluding carboxylic acids is 2. The zero-order valence-electron chi connectivity index (χ0n) is 17.2. The lowest BCUT2D eigenvalue weighted by Gasteiger charge is -2.41. The molecule has 0 unspecified atom stereocenters. The Bertz CT molecular complexity index is 892.